The van der Waals surface area contributed by atoms with Crippen LogP contribution < -0.4 is 10.1 Å². The van der Waals surface area contributed by atoms with Crippen molar-refractivity contribution in [2.75, 3.05) is 6.61 Å². The summed E-state index contributed by atoms with van der Waals surface area (Å²) in [6.45, 7) is 3.93. The van der Waals surface area contributed by atoms with E-state index in [0.29, 0.717) is 22.2 Å². The van der Waals surface area contributed by atoms with E-state index in [1.54, 1.807) is 41.3 Å². The largest absolute Gasteiger partial charge is 0.484 e. The molecule has 0 aliphatic carbocycles. The van der Waals surface area contributed by atoms with Gasteiger partial charge in [-0.2, -0.15) is 0 Å². The van der Waals surface area contributed by atoms with Crippen LogP contribution >= 0.6 is 23.2 Å². The summed E-state index contributed by atoms with van der Waals surface area (Å²) in [6.07, 6.45) is 1.15. The number of amides is 2. The molecule has 0 bridgehead atoms. The van der Waals surface area contributed by atoms with Crippen LogP contribution in [0.3, 0.4) is 0 Å². The van der Waals surface area contributed by atoms with Crippen LogP contribution in [-0.2, 0) is 22.6 Å². The maximum absolute atomic E-state index is 13.5. The Morgan fingerprint density at radius 2 is 1.57 bits per heavy atom. The fraction of sp³-hybridized carbons (Fsp3) is 0.286. The number of carbonyl (C=O) groups is 2. The van der Waals surface area contributed by atoms with Crippen molar-refractivity contribution in [3.8, 4) is 5.75 Å². The van der Waals surface area contributed by atoms with E-state index in [0.717, 1.165) is 17.5 Å². The van der Waals surface area contributed by atoms with E-state index >= 15 is 0 Å². The van der Waals surface area contributed by atoms with E-state index < -0.39 is 6.04 Å². The van der Waals surface area contributed by atoms with Gasteiger partial charge in [-0.3, -0.25) is 9.59 Å². The topological polar surface area (TPSA) is 58.6 Å². The smallest absolute Gasteiger partial charge is 0.261 e. The molecule has 0 spiro atoms. The predicted molar refractivity (Wildman–Crippen MR) is 141 cm³/mol. The van der Waals surface area contributed by atoms with Gasteiger partial charge in [-0.1, -0.05) is 78.7 Å². The Kier molecular flexibility index (Phi) is 10.0. The Morgan fingerprint density at radius 1 is 0.914 bits per heavy atom. The Balaban J connectivity index is 1.91. The SMILES string of the molecule is CCC(C)NC(=O)C(Cc1ccccc1)N(Cc1cccc(Cl)c1)C(=O)COc1cccc(Cl)c1. The molecule has 0 radical (unpaired) electrons. The molecular weight excluding hydrogens is 483 g/mol. The summed E-state index contributed by atoms with van der Waals surface area (Å²) in [5.41, 5.74) is 1.78. The van der Waals surface area contributed by atoms with Crippen LogP contribution in [0.1, 0.15) is 31.4 Å². The first-order valence-corrected chi connectivity index (χ1v) is 12.4. The van der Waals surface area contributed by atoms with Crippen LogP contribution in [0.2, 0.25) is 10.0 Å². The van der Waals surface area contributed by atoms with Crippen molar-refractivity contribution >= 4 is 35.0 Å². The molecule has 0 saturated heterocycles. The van der Waals surface area contributed by atoms with Crippen molar-refractivity contribution in [1.82, 2.24) is 10.2 Å². The lowest BCUT2D eigenvalue weighted by atomic mass is 10.0. The fourth-order valence-corrected chi connectivity index (χ4v) is 4.01. The van der Waals surface area contributed by atoms with Crippen molar-refractivity contribution in [2.45, 2.75) is 45.3 Å². The molecular formula is C28H30Cl2N2O3. The third-order valence-electron chi connectivity index (χ3n) is 5.67. The lowest BCUT2D eigenvalue weighted by Gasteiger charge is -2.32. The highest BCUT2D eigenvalue weighted by atomic mass is 35.5. The number of ether oxygens (including phenoxy) is 1. The van der Waals surface area contributed by atoms with E-state index in [1.165, 1.54) is 0 Å². The third-order valence-corrected chi connectivity index (χ3v) is 6.14. The summed E-state index contributed by atoms with van der Waals surface area (Å²) >= 11 is 12.3. The van der Waals surface area contributed by atoms with Crippen molar-refractivity contribution in [2.24, 2.45) is 0 Å². The number of rotatable bonds is 11. The first-order valence-electron chi connectivity index (χ1n) is 11.6. The average molecular weight is 513 g/mol. The minimum absolute atomic E-state index is 0.0217. The molecule has 0 aromatic heterocycles. The van der Waals surface area contributed by atoms with Crippen LogP contribution in [-0.4, -0.2) is 35.4 Å². The van der Waals surface area contributed by atoms with Gasteiger partial charge in [0, 0.05) is 29.1 Å². The van der Waals surface area contributed by atoms with E-state index in [9.17, 15) is 9.59 Å². The standard InChI is InChI=1S/C28H30Cl2N2O3/c1-3-20(2)31-28(34)26(16-21-9-5-4-6-10-21)32(18-22-11-7-12-23(29)15-22)27(33)19-35-25-14-8-13-24(30)17-25/h4-15,17,20,26H,3,16,18-19H2,1-2H3,(H,31,34). The Hall–Kier alpha value is -3.02. The monoisotopic (exact) mass is 512 g/mol. The number of carbonyl (C=O) groups excluding carboxylic acids is 2. The van der Waals surface area contributed by atoms with Crippen molar-refractivity contribution in [3.05, 3.63) is 100 Å². The zero-order valence-corrected chi connectivity index (χ0v) is 21.4. The van der Waals surface area contributed by atoms with E-state index in [1.807, 2.05) is 56.3 Å². The van der Waals surface area contributed by atoms with Crippen molar-refractivity contribution in [3.63, 3.8) is 0 Å². The highest BCUT2D eigenvalue weighted by molar-refractivity contribution is 6.30. The predicted octanol–water partition coefficient (Wildman–Crippen LogP) is 5.93. The van der Waals surface area contributed by atoms with Gasteiger partial charge < -0.3 is 15.0 Å². The van der Waals surface area contributed by atoms with Crippen molar-refractivity contribution < 1.29 is 14.3 Å². The molecule has 3 aromatic carbocycles. The maximum atomic E-state index is 13.5. The second-order valence-corrected chi connectivity index (χ2v) is 9.29. The van der Waals surface area contributed by atoms with E-state index in [2.05, 4.69) is 5.32 Å². The molecule has 0 aliphatic rings. The molecule has 3 rings (SSSR count). The fourth-order valence-electron chi connectivity index (χ4n) is 3.61. The van der Waals surface area contributed by atoms with E-state index in [-0.39, 0.29) is 31.0 Å². The molecule has 1 N–H and O–H groups in total. The first-order chi connectivity index (χ1) is 16.9. The first kappa shape index (κ1) is 26.6. The molecule has 2 unspecified atom stereocenters. The molecule has 0 heterocycles. The Labute approximate surface area is 217 Å². The maximum Gasteiger partial charge on any atom is 0.261 e. The lowest BCUT2D eigenvalue weighted by molar-refractivity contribution is -0.143. The zero-order chi connectivity index (χ0) is 25.2. The number of nitrogens with one attached hydrogen (secondary N) is 1. The molecule has 2 atom stereocenters. The summed E-state index contributed by atoms with van der Waals surface area (Å²) in [4.78, 5) is 28.6. The van der Waals surface area contributed by atoms with Gasteiger partial charge in [0.15, 0.2) is 6.61 Å². The number of nitrogens with zero attached hydrogens (tertiary/aromatic N) is 1. The van der Waals surface area contributed by atoms with Gasteiger partial charge in [0.25, 0.3) is 5.91 Å². The van der Waals surface area contributed by atoms with E-state index in [4.69, 9.17) is 27.9 Å². The molecule has 7 heteroatoms. The van der Waals surface area contributed by atoms with Crippen LogP contribution in [0.15, 0.2) is 78.9 Å². The number of halogens is 2. The normalized spacial score (nSPS) is 12.5. The van der Waals surface area contributed by atoms with Gasteiger partial charge in [-0.15, -0.1) is 0 Å². The van der Waals surface area contributed by atoms with Crippen LogP contribution in [0.5, 0.6) is 5.75 Å². The van der Waals surface area contributed by atoms with Gasteiger partial charge in [-0.05, 0) is 54.8 Å². The quantitative estimate of drug-likeness (QED) is 0.346. The minimum atomic E-state index is -0.735. The summed E-state index contributed by atoms with van der Waals surface area (Å²) in [5.74, 6) is -0.0382. The molecule has 2 amide bonds. The minimum Gasteiger partial charge on any atom is -0.484 e. The highest BCUT2D eigenvalue weighted by Gasteiger charge is 2.31. The lowest BCUT2D eigenvalue weighted by Crippen LogP contribution is -2.53. The Bertz CT molecular complexity index is 1120. The van der Waals surface area contributed by atoms with Gasteiger partial charge in [0.2, 0.25) is 5.91 Å². The van der Waals surface area contributed by atoms with Gasteiger partial charge in [0.05, 0.1) is 0 Å². The van der Waals surface area contributed by atoms with Crippen LogP contribution in [0, 0.1) is 0 Å². The van der Waals surface area contributed by atoms with Gasteiger partial charge in [0.1, 0.15) is 11.8 Å². The highest BCUT2D eigenvalue weighted by Crippen LogP contribution is 2.20. The molecule has 0 aliphatic heterocycles. The number of benzene rings is 3. The Morgan fingerprint density at radius 3 is 2.23 bits per heavy atom. The summed E-state index contributed by atoms with van der Waals surface area (Å²) < 4.78 is 5.74. The second kappa shape index (κ2) is 13.2. The molecule has 35 heavy (non-hydrogen) atoms. The average Bonchev–Trinajstić information content (AvgIpc) is 2.85. The van der Waals surface area contributed by atoms with Crippen LogP contribution in [0.4, 0.5) is 0 Å². The third kappa shape index (κ3) is 8.30. The molecule has 5 nitrogen and oxygen atoms in total. The number of hydrogen-bond acceptors (Lipinski definition) is 3. The van der Waals surface area contributed by atoms with Gasteiger partial charge >= 0.3 is 0 Å². The summed E-state index contributed by atoms with van der Waals surface area (Å²) in [7, 11) is 0. The summed E-state index contributed by atoms with van der Waals surface area (Å²) in [5, 5.41) is 4.12. The second-order valence-electron chi connectivity index (χ2n) is 8.42. The molecule has 0 fully saturated rings. The van der Waals surface area contributed by atoms with Gasteiger partial charge in [-0.25, -0.2) is 0 Å². The molecule has 3 aromatic rings. The molecule has 184 valence electrons. The summed E-state index contributed by atoms with van der Waals surface area (Å²) in [6, 6.07) is 23.1. The molecule has 0 saturated carbocycles. The number of hydrogen-bond donors (Lipinski definition) is 1. The van der Waals surface area contributed by atoms with Crippen LogP contribution in [0.25, 0.3) is 0 Å². The van der Waals surface area contributed by atoms with Crippen molar-refractivity contribution in [1.29, 1.82) is 0 Å². The zero-order valence-electron chi connectivity index (χ0n) is 19.9.